The summed E-state index contributed by atoms with van der Waals surface area (Å²) in [7, 11) is 0. The minimum absolute atomic E-state index is 1.02. The number of nitrogens with zero attached hydrogens (tertiary/aromatic N) is 4. The summed E-state index contributed by atoms with van der Waals surface area (Å²) in [6, 6.07) is 0. The minimum Gasteiger partial charge on any atom is -0.445 e. The molecule has 0 heterocycles. The summed E-state index contributed by atoms with van der Waals surface area (Å²) >= 11 is 0. The first-order chi connectivity index (χ1) is 15.2. The number of nitro groups is 4. The van der Waals surface area contributed by atoms with Crippen LogP contribution in [-0.2, 0) is 18.9 Å². The molecule has 0 aliphatic heterocycles. The van der Waals surface area contributed by atoms with Crippen LogP contribution in [0.15, 0.2) is 0 Å². The van der Waals surface area contributed by atoms with Crippen molar-refractivity contribution in [3.8, 4) is 0 Å². The van der Waals surface area contributed by atoms with E-state index in [0.29, 0.717) is 0 Å². The molecule has 24 nitrogen and oxygen atoms in total. The van der Waals surface area contributed by atoms with Crippen molar-refractivity contribution in [3.05, 3.63) is 40.5 Å². The summed E-state index contributed by atoms with van der Waals surface area (Å²) in [4.78, 5) is 86.4. The predicted molar refractivity (Wildman–Crippen MR) is 88.3 cm³/mol. The highest BCUT2D eigenvalue weighted by molar-refractivity contribution is 5.67. The van der Waals surface area contributed by atoms with E-state index in [0.717, 1.165) is 21.7 Å². The first-order valence-electron chi connectivity index (χ1n) is 7.56. The van der Waals surface area contributed by atoms with Crippen molar-refractivity contribution in [2.45, 2.75) is 0 Å². The van der Waals surface area contributed by atoms with Crippen molar-refractivity contribution in [1.29, 1.82) is 0 Å². The first-order valence-corrected chi connectivity index (χ1v) is 7.56. The highest BCUT2D eigenvalue weighted by Crippen LogP contribution is 2.21. The largest absolute Gasteiger partial charge is 0.465 e. The van der Waals surface area contributed by atoms with Gasteiger partial charge in [-0.05, 0) is 21.7 Å². The van der Waals surface area contributed by atoms with Crippen LogP contribution in [-0.4, -0.2) is 70.9 Å². The van der Waals surface area contributed by atoms with Gasteiger partial charge >= 0.3 is 24.4 Å². The van der Waals surface area contributed by atoms with Gasteiger partial charge in [-0.3, -0.25) is 0 Å². The van der Waals surface area contributed by atoms with Crippen LogP contribution < -0.4 is 21.7 Å². The van der Waals surface area contributed by atoms with Crippen LogP contribution >= 0.6 is 0 Å². The van der Waals surface area contributed by atoms with Gasteiger partial charge in [-0.2, -0.15) is 0 Å². The molecule has 0 aliphatic rings. The van der Waals surface area contributed by atoms with Gasteiger partial charge in [0.15, 0.2) is 20.1 Å². The monoisotopic (exact) mass is 488 g/mol. The van der Waals surface area contributed by atoms with Gasteiger partial charge in [-0.15, -0.1) is 0 Å². The molecule has 0 radical (unpaired) electrons. The Bertz CT molecular complexity index is 680. The molecule has 0 fully saturated rings. The number of amides is 4. The van der Waals surface area contributed by atoms with Crippen molar-refractivity contribution in [2.24, 2.45) is 5.41 Å². The predicted octanol–water partition coefficient (Wildman–Crippen LogP) is -2.36. The van der Waals surface area contributed by atoms with Crippen LogP contribution in [0.5, 0.6) is 0 Å². The normalized spacial score (nSPS) is 9.94. The second-order valence-electron chi connectivity index (χ2n) is 5.28. The third-order valence-electron chi connectivity index (χ3n) is 2.77. The minimum atomic E-state index is -2.25. The number of hydrogen-bond acceptors (Lipinski definition) is 16. The van der Waals surface area contributed by atoms with Crippen molar-refractivity contribution in [1.82, 2.24) is 21.7 Å². The Hall–Kier alpha value is -5.32. The van der Waals surface area contributed by atoms with Gasteiger partial charge in [0.2, 0.25) is 0 Å². The first kappa shape index (κ1) is 27.7. The average molecular weight is 488 g/mol. The molecule has 0 bridgehead atoms. The molecule has 0 spiro atoms. The molecule has 0 aliphatic carbocycles. The number of carbonyl (C=O) groups is 4. The molecule has 0 aromatic heterocycles. The summed E-state index contributed by atoms with van der Waals surface area (Å²) in [6.07, 6.45) is -6.99. The van der Waals surface area contributed by atoms with Crippen molar-refractivity contribution in [3.63, 3.8) is 0 Å². The fraction of sp³-hybridized carbons (Fsp3) is 0.556. The number of ether oxygens (including phenoxy) is 4. The maximum Gasteiger partial charge on any atom is 0.465 e. The van der Waals surface area contributed by atoms with Crippen LogP contribution in [0.1, 0.15) is 0 Å². The van der Waals surface area contributed by atoms with E-state index in [1.807, 2.05) is 0 Å². The Labute approximate surface area is 177 Å². The molecular formula is C9H12N8O16. The molecule has 0 saturated carbocycles. The zero-order valence-corrected chi connectivity index (χ0v) is 15.6. The lowest BCUT2D eigenvalue weighted by molar-refractivity contribution is -0.531. The number of hydrazine groups is 4. The molecule has 0 rings (SSSR count). The highest BCUT2D eigenvalue weighted by atomic mass is 16.7. The quantitative estimate of drug-likeness (QED) is 0.127. The molecular weight excluding hydrogens is 476 g/mol. The second-order valence-corrected chi connectivity index (χ2v) is 5.28. The lowest BCUT2D eigenvalue weighted by Gasteiger charge is -2.30. The molecule has 0 saturated heterocycles. The van der Waals surface area contributed by atoms with E-state index < -0.39 is 76.3 Å². The molecule has 4 amide bonds. The molecule has 0 atom stereocenters. The fourth-order valence-electron chi connectivity index (χ4n) is 1.55. The Balaban J connectivity index is 5.68. The van der Waals surface area contributed by atoms with Crippen LogP contribution in [0.3, 0.4) is 0 Å². The van der Waals surface area contributed by atoms with E-state index in [1.54, 1.807) is 0 Å². The van der Waals surface area contributed by atoms with Gasteiger partial charge in [0.05, 0.1) is 0 Å². The van der Waals surface area contributed by atoms with E-state index >= 15 is 0 Å². The highest BCUT2D eigenvalue weighted by Gasteiger charge is 2.39. The van der Waals surface area contributed by atoms with Gasteiger partial charge in [0.25, 0.3) is 0 Å². The van der Waals surface area contributed by atoms with Gasteiger partial charge in [0, 0.05) is 0 Å². The Morgan fingerprint density at radius 1 is 0.515 bits per heavy atom. The van der Waals surface area contributed by atoms with Gasteiger partial charge in [-0.1, -0.05) is 0 Å². The lowest BCUT2D eigenvalue weighted by Crippen LogP contribution is -2.47. The number of carbonyl (C=O) groups excluding carboxylic acids is 4. The van der Waals surface area contributed by atoms with Crippen LogP contribution in [0.4, 0.5) is 19.2 Å². The standard InChI is InChI=1S/C9H12N8O16/c18-5(10-14(22)23)30-1-9(2-31-6(19)11-15(24)25,3-32-7(20)12-16(26)27)4-33-8(21)13-17(28)29/h1-4H2,(H,10,18)(H,11,19)(H,12,20)(H,13,21). The second kappa shape index (κ2) is 13.1. The van der Waals surface area contributed by atoms with E-state index in [4.69, 9.17) is 0 Å². The van der Waals surface area contributed by atoms with E-state index in [2.05, 4.69) is 18.9 Å². The summed E-state index contributed by atoms with van der Waals surface area (Å²) in [6.45, 7) is -4.68. The van der Waals surface area contributed by atoms with Gasteiger partial charge in [-0.25, -0.2) is 59.6 Å². The summed E-state index contributed by atoms with van der Waals surface area (Å²) in [5, 5.41) is 35.6. The number of hydrogen-bond donors (Lipinski definition) is 4. The molecule has 33 heavy (non-hydrogen) atoms. The fourth-order valence-corrected chi connectivity index (χ4v) is 1.55. The maximum atomic E-state index is 11.3. The molecule has 4 N–H and O–H groups in total. The van der Waals surface area contributed by atoms with Crippen molar-refractivity contribution >= 4 is 24.4 Å². The molecule has 0 aromatic rings. The van der Waals surface area contributed by atoms with Gasteiger partial charge in [0.1, 0.15) is 31.8 Å². The SMILES string of the molecule is O=C(N[N+](=O)[O-])OCC(COC(=O)N[N+](=O)[O-])(COC(=O)N[N+](=O)[O-])COC(=O)N[N+](=O)[O-]. The van der Waals surface area contributed by atoms with Crippen molar-refractivity contribution in [2.75, 3.05) is 26.4 Å². The van der Waals surface area contributed by atoms with E-state index in [9.17, 15) is 59.6 Å². The lowest BCUT2D eigenvalue weighted by atomic mass is 9.92. The zero-order valence-electron chi connectivity index (χ0n) is 15.6. The van der Waals surface area contributed by atoms with E-state index in [1.165, 1.54) is 0 Å². The van der Waals surface area contributed by atoms with E-state index in [-0.39, 0.29) is 0 Å². The topological polar surface area (TPSA) is 326 Å². The third kappa shape index (κ3) is 13.5. The van der Waals surface area contributed by atoms with Crippen LogP contribution in [0.2, 0.25) is 0 Å². The average Bonchev–Trinajstić information content (AvgIpc) is 2.64. The van der Waals surface area contributed by atoms with Crippen LogP contribution in [0.25, 0.3) is 0 Å². The maximum absolute atomic E-state index is 11.3. The molecule has 24 heteroatoms. The Morgan fingerprint density at radius 3 is 0.848 bits per heavy atom. The number of nitrogens with one attached hydrogen (secondary N) is 4. The summed E-state index contributed by atoms with van der Waals surface area (Å²) in [5.74, 6) is 0. The Morgan fingerprint density at radius 2 is 0.697 bits per heavy atom. The van der Waals surface area contributed by atoms with Crippen LogP contribution in [0, 0.1) is 45.9 Å². The molecule has 0 unspecified atom stereocenters. The third-order valence-corrected chi connectivity index (χ3v) is 2.77. The Kier molecular flexibility index (Phi) is 11.0. The smallest absolute Gasteiger partial charge is 0.445 e. The molecule has 184 valence electrons. The summed E-state index contributed by atoms with van der Waals surface area (Å²) in [5.41, 5.74) is 1.84. The summed E-state index contributed by atoms with van der Waals surface area (Å²) < 4.78 is 17.7. The number of rotatable bonds is 12. The van der Waals surface area contributed by atoms with Gasteiger partial charge < -0.3 is 18.9 Å². The van der Waals surface area contributed by atoms with Crippen molar-refractivity contribution < 1.29 is 58.3 Å². The zero-order chi connectivity index (χ0) is 25.6. The molecule has 0 aromatic carbocycles.